The SMILES string of the molecule is C=CCOC(=O)c1ccc(OC(=O)c2ccc(Cl)cc2)c(Br)c1. The second-order valence-electron chi connectivity index (χ2n) is 4.43. The van der Waals surface area contributed by atoms with Crippen molar-refractivity contribution < 1.29 is 19.1 Å². The number of hydrogen-bond acceptors (Lipinski definition) is 4. The van der Waals surface area contributed by atoms with E-state index in [9.17, 15) is 9.59 Å². The number of ether oxygens (including phenoxy) is 2. The lowest BCUT2D eigenvalue weighted by molar-refractivity contribution is 0.0549. The van der Waals surface area contributed by atoms with Gasteiger partial charge in [-0.1, -0.05) is 24.3 Å². The van der Waals surface area contributed by atoms with Crippen molar-refractivity contribution in [1.82, 2.24) is 0 Å². The van der Waals surface area contributed by atoms with E-state index in [4.69, 9.17) is 21.1 Å². The number of carbonyl (C=O) groups is 2. The number of hydrogen-bond donors (Lipinski definition) is 0. The molecule has 0 atom stereocenters. The topological polar surface area (TPSA) is 52.6 Å². The lowest BCUT2D eigenvalue weighted by atomic mass is 10.2. The Morgan fingerprint density at radius 1 is 1.09 bits per heavy atom. The number of rotatable bonds is 5. The van der Waals surface area contributed by atoms with Crippen LogP contribution in [0.25, 0.3) is 0 Å². The summed E-state index contributed by atoms with van der Waals surface area (Å²) in [6.07, 6.45) is 1.48. The van der Waals surface area contributed by atoms with Crippen LogP contribution in [-0.2, 0) is 4.74 Å². The summed E-state index contributed by atoms with van der Waals surface area (Å²) in [5.74, 6) is -0.712. The van der Waals surface area contributed by atoms with Crippen LogP contribution < -0.4 is 4.74 Å². The molecule has 6 heteroatoms. The molecule has 2 aromatic carbocycles. The molecule has 0 aliphatic heterocycles. The molecular weight excluding hydrogens is 384 g/mol. The molecule has 0 saturated carbocycles. The summed E-state index contributed by atoms with van der Waals surface area (Å²) in [5.41, 5.74) is 0.709. The molecule has 0 unspecified atom stereocenters. The van der Waals surface area contributed by atoms with E-state index in [-0.39, 0.29) is 6.61 Å². The summed E-state index contributed by atoms with van der Waals surface area (Å²) in [6, 6.07) is 10.9. The van der Waals surface area contributed by atoms with Crippen molar-refractivity contribution in [2.75, 3.05) is 6.61 Å². The molecule has 0 fully saturated rings. The van der Waals surface area contributed by atoms with Gasteiger partial charge in [-0.25, -0.2) is 9.59 Å². The van der Waals surface area contributed by atoms with Crippen LogP contribution in [0.1, 0.15) is 20.7 Å². The van der Waals surface area contributed by atoms with Gasteiger partial charge in [0, 0.05) is 5.02 Å². The predicted molar refractivity (Wildman–Crippen MR) is 91.0 cm³/mol. The van der Waals surface area contributed by atoms with E-state index in [1.807, 2.05) is 0 Å². The van der Waals surface area contributed by atoms with Gasteiger partial charge in [0.2, 0.25) is 0 Å². The van der Waals surface area contributed by atoms with Crippen LogP contribution >= 0.6 is 27.5 Å². The second-order valence-corrected chi connectivity index (χ2v) is 5.72. The van der Waals surface area contributed by atoms with E-state index in [0.29, 0.717) is 26.4 Å². The molecule has 0 aromatic heterocycles. The molecule has 118 valence electrons. The normalized spacial score (nSPS) is 10.0. The minimum atomic E-state index is -0.524. The van der Waals surface area contributed by atoms with E-state index in [0.717, 1.165) is 0 Å². The third-order valence-electron chi connectivity index (χ3n) is 2.78. The van der Waals surface area contributed by atoms with Gasteiger partial charge in [-0.2, -0.15) is 0 Å². The Labute approximate surface area is 146 Å². The maximum atomic E-state index is 12.0. The summed E-state index contributed by atoms with van der Waals surface area (Å²) in [4.78, 5) is 23.8. The Bertz CT molecular complexity index is 741. The van der Waals surface area contributed by atoms with Gasteiger partial charge < -0.3 is 9.47 Å². The Morgan fingerprint density at radius 2 is 1.74 bits per heavy atom. The first-order chi connectivity index (χ1) is 11.0. The molecule has 0 saturated heterocycles. The number of halogens is 2. The first-order valence-corrected chi connectivity index (χ1v) is 7.73. The number of carbonyl (C=O) groups excluding carboxylic acids is 2. The average Bonchev–Trinajstić information content (AvgIpc) is 2.55. The largest absolute Gasteiger partial charge is 0.458 e. The quantitative estimate of drug-likeness (QED) is 0.419. The summed E-state index contributed by atoms with van der Waals surface area (Å²) >= 11 is 9.05. The molecule has 0 aliphatic rings. The van der Waals surface area contributed by atoms with E-state index in [2.05, 4.69) is 22.5 Å². The summed E-state index contributed by atoms with van der Waals surface area (Å²) in [7, 11) is 0. The Morgan fingerprint density at radius 3 is 2.35 bits per heavy atom. The van der Waals surface area contributed by atoms with Crippen LogP contribution in [0.4, 0.5) is 0 Å². The van der Waals surface area contributed by atoms with Crippen molar-refractivity contribution >= 4 is 39.5 Å². The molecule has 0 spiro atoms. The second kappa shape index (κ2) is 7.94. The highest BCUT2D eigenvalue weighted by Crippen LogP contribution is 2.27. The van der Waals surface area contributed by atoms with Crippen molar-refractivity contribution in [3.63, 3.8) is 0 Å². The molecule has 2 rings (SSSR count). The highest BCUT2D eigenvalue weighted by atomic mass is 79.9. The van der Waals surface area contributed by atoms with Crippen molar-refractivity contribution in [1.29, 1.82) is 0 Å². The van der Waals surface area contributed by atoms with Crippen LogP contribution in [0.3, 0.4) is 0 Å². The van der Waals surface area contributed by atoms with Gasteiger partial charge in [-0.15, -0.1) is 0 Å². The molecule has 0 heterocycles. The Balaban J connectivity index is 2.11. The van der Waals surface area contributed by atoms with Crippen LogP contribution in [0, 0.1) is 0 Å². The molecule has 0 radical (unpaired) electrons. The van der Waals surface area contributed by atoms with Crippen molar-refractivity contribution in [2.45, 2.75) is 0 Å². The van der Waals surface area contributed by atoms with E-state index >= 15 is 0 Å². The lowest BCUT2D eigenvalue weighted by Crippen LogP contribution is -2.09. The van der Waals surface area contributed by atoms with Gasteiger partial charge >= 0.3 is 11.9 Å². The first-order valence-electron chi connectivity index (χ1n) is 6.56. The molecule has 23 heavy (non-hydrogen) atoms. The van der Waals surface area contributed by atoms with Gasteiger partial charge in [0.25, 0.3) is 0 Å². The molecular formula is C17H12BrClO4. The molecule has 2 aromatic rings. The van der Waals surface area contributed by atoms with Crippen molar-refractivity contribution in [2.24, 2.45) is 0 Å². The Hall–Kier alpha value is -2.11. The van der Waals surface area contributed by atoms with Crippen LogP contribution in [0.15, 0.2) is 59.6 Å². The minimum absolute atomic E-state index is 0.129. The maximum absolute atomic E-state index is 12.0. The highest BCUT2D eigenvalue weighted by Gasteiger charge is 2.14. The van der Waals surface area contributed by atoms with Crippen molar-refractivity contribution in [3.05, 3.63) is 75.7 Å². The summed E-state index contributed by atoms with van der Waals surface area (Å²) in [5, 5.41) is 0.533. The maximum Gasteiger partial charge on any atom is 0.343 e. The van der Waals surface area contributed by atoms with Crippen LogP contribution in [-0.4, -0.2) is 18.5 Å². The van der Waals surface area contributed by atoms with E-state index in [1.54, 1.807) is 24.3 Å². The van der Waals surface area contributed by atoms with Crippen LogP contribution in [0.5, 0.6) is 5.75 Å². The highest BCUT2D eigenvalue weighted by molar-refractivity contribution is 9.10. The number of esters is 2. The fourth-order valence-corrected chi connectivity index (χ4v) is 2.26. The lowest BCUT2D eigenvalue weighted by Gasteiger charge is -2.08. The summed E-state index contributed by atoms with van der Waals surface area (Å²) < 4.78 is 10.7. The zero-order valence-electron chi connectivity index (χ0n) is 11.9. The summed E-state index contributed by atoms with van der Waals surface area (Å²) in [6.45, 7) is 3.60. The van der Waals surface area contributed by atoms with Gasteiger partial charge in [0.15, 0.2) is 0 Å². The van der Waals surface area contributed by atoms with Gasteiger partial charge in [0.05, 0.1) is 15.6 Å². The molecule has 0 N–H and O–H groups in total. The van der Waals surface area contributed by atoms with Crippen LogP contribution in [0.2, 0.25) is 5.02 Å². The van der Waals surface area contributed by atoms with E-state index < -0.39 is 11.9 Å². The molecule has 0 aliphatic carbocycles. The fraction of sp³-hybridized carbons (Fsp3) is 0.0588. The minimum Gasteiger partial charge on any atom is -0.458 e. The zero-order chi connectivity index (χ0) is 16.8. The monoisotopic (exact) mass is 394 g/mol. The third kappa shape index (κ3) is 4.68. The molecule has 4 nitrogen and oxygen atoms in total. The third-order valence-corrected chi connectivity index (χ3v) is 3.65. The fourth-order valence-electron chi connectivity index (χ4n) is 1.67. The van der Waals surface area contributed by atoms with Gasteiger partial charge in [0.1, 0.15) is 12.4 Å². The average molecular weight is 396 g/mol. The molecule has 0 bridgehead atoms. The standard InChI is InChI=1S/C17H12BrClO4/c1-2-9-22-16(20)12-5-8-15(14(18)10-12)23-17(21)11-3-6-13(19)7-4-11/h2-8,10H,1,9H2. The predicted octanol–water partition coefficient (Wildman–Crippen LogP) is 4.66. The van der Waals surface area contributed by atoms with Gasteiger partial charge in [-0.05, 0) is 58.4 Å². The van der Waals surface area contributed by atoms with Crippen molar-refractivity contribution in [3.8, 4) is 5.75 Å². The first kappa shape index (κ1) is 17.2. The number of benzene rings is 2. The van der Waals surface area contributed by atoms with E-state index in [1.165, 1.54) is 24.3 Å². The molecule has 0 amide bonds. The smallest absolute Gasteiger partial charge is 0.343 e. The zero-order valence-corrected chi connectivity index (χ0v) is 14.3. The Kier molecular flexibility index (Phi) is 5.96. The van der Waals surface area contributed by atoms with Gasteiger partial charge in [-0.3, -0.25) is 0 Å².